The largest absolute Gasteiger partial charge is 0.490 e. The van der Waals surface area contributed by atoms with Gasteiger partial charge in [-0.2, -0.15) is 5.10 Å². The third-order valence-electron chi connectivity index (χ3n) is 4.16. The van der Waals surface area contributed by atoms with E-state index in [9.17, 15) is 9.18 Å². The molecule has 3 rings (SSSR count). The van der Waals surface area contributed by atoms with E-state index in [1.54, 1.807) is 38.2 Å². The Morgan fingerprint density at radius 3 is 2.54 bits per heavy atom. The molecule has 1 aromatic heterocycles. The zero-order chi connectivity index (χ0) is 20.3. The van der Waals surface area contributed by atoms with E-state index in [4.69, 9.17) is 27.9 Å². The number of nitrogens with zero attached hydrogens (tertiary/aromatic N) is 3. The van der Waals surface area contributed by atoms with Gasteiger partial charge in [-0.3, -0.25) is 4.79 Å². The monoisotopic (exact) mass is 421 g/mol. The summed E-state index contributed by atoms with van der Waals surface area (Å²) in [7, 11) is 1.66. The number of para-hydroxylation sites is 1. The number of likely N-dealkylation sites (N-methyl/N-ethyl adjacent to an activating group) is 1. The zero-order valence-electron chi connectivity index (χ0n) is 15.3. The molecular weight excluding hydrogens is 404 g/mol. The van der Waals surface area contributed by atoms with Gasteiger partial charge >= 0.3 is 0 Å². The average Bonchev–Trinajstić information content (AvgIpc) is 2.97. The lowest BCUT2D eigenvalue weighted by atomic mass is 10.2. The molecule has 0 aliphatic rings. The van der Waals surface area contributed by atoms with Crippen LogP contribution >= 0.6 is 23.2 Å². The van der Waals surface area contributed by atoms with E-state index >= 15 is 0 Å². The van der Waals surface area contributed by atoms with Gasteiger partial charge in [-0.15, -0.1) is 0 Å². The molecule has 0 aliphatic carbocycles. The summed E-state index contributed by atoms with van der Waals surface area (Å²) in [6, 6.07) is 12.8. The molecule has 3 aromatic rings. The highest BCUT2D eigenvalue weighted by atomic mass is 35.5. The molecule has 28 heavy (non-hydrogen) atoms. The summed E-state index contributed by atoms with van der Waals surface area (Å²) in [4.78, 5) is 14.3. The Hall–Kier alpha value is -2.57. The smallest absolute Gasteiger partial charge is 0.258 e. The van der Waals surface area contributed by atoms with E-state index in [0.717, 1.165) is 0 Å². The Balaban J connectivity index is 1.71. The molecule has 0 atom stereocenters. The van der Waals surface area contributed by atoms with Gasteiger partial charge in [-0.1, -0.05) is 35.3 Å². The predicted molar refractivity (Wildman–Crippen MR) is 107 cm³/mol. The first-order chi connectivity index (χ1) is 13.4. The molecular formula is C20H18Cl2FN3O2. The molecule has 5 nitrogen and oxygen atoms in total. The van der Waals surface area contributed by atoms with Crippen LogP contribution in [0.4, 0.5) is 4.39 Å². The van der Waals surface area contributed by atoms with Gasteiger partial charge in [0.15, 0.2) is 0 Å². The third kappa shape index (κ3) is 4.29. The molecule has 0 aliphatic heterocycles. The zero-order valence-corrected chi connectivity index (χ0v) is 16.8. The summed E-state index contributed by atoms with van der Waals surface area (Å²) in [5.41, 5.74) is 1.35. The second kappa shape index (κ2) is 8.63. The molecule has 0 bridgehead atoms. The van der Waals surface area contributed by atoms with E-state index < -0.39 is 0 Å². The second-order valence-corrected chi connectivity index (χ2v) is 6.91. The number of hydrogen-bond acceptors (Lipinski definition) is 3. The maximum Gasteiger partial charge on any atom is 0.258 e. The van der Waals surface area contributed by atoms with Crippen LogP contribution in [-0.2, 0) is 0 Å². The van der Waals surface area contributed by atoms with Crippen molar-refractivity contribution in [3.8, 4) is 11.4 Å². The van der Waals surface area contributed by atoms with Crippen LogP contribution in [0.15, 0.2) is 48.5 Å². The minimum absolute atomic E-state index is 0.174. The molecule has 1 amide bonds. The van der Waals surface area contributed by atoms with Crippen LogP contribution in [-0.4, -0.2) is 40.8 Å². The van der Waals surface area contributed by atoms with Gasteiger partial charge in [0.1, 0.15) is 23.3 Å². The van der Waals surface area contributed by atoms with E-state index in [-0.39, 0.29) is 23.5 Å². The van der Waals surface area contributed by atoms with Crippen LogP contribution in [0.2, 0.25) is 10.2 Å². The highest BCUT2D eigenvalue weighted by Crippen LogP contribution is 2.25. The Bertz CT molecular complexity index is 990. The van der Waals surface area contributed by atoms with E-state index in [1.165, 1.54) is 21.7 Å². The fourth-order valence-corrected chi connectivity index (χ4v) is 3.19. The first kappa shape index (κ1) is 20.2. The number of halogens is 3. The Labute approximate surface area is 172 Å². The fraction of sp³-hybridized carbons (Fsp3) is 0.200. The van der Waals surface area contributed by atoms with E-state index in [0.29, 0.717) is 34.3 Å². The summed E-state index contributed by atoms with van der Waals surface area (Å²) in [5, 5.41) is 5.00. The summed E-state index contributed by atoms with van der Waals surface area (Å²) < 4.78 is 20.2. The van der Waals surface area contributed by atoms with Crippen molar-refractivity contribution in [3.63, 3.8) is 0 Å². The first-order valence-corrected chi connectivity index (χ1v) is 9.28. The highest BCUT2D eigenvalue weighted by molar-refractivity contribution is 6.33. The SMILES string of the molecule is Cc1nn(-c2ccc(F)cc2)c(Cl)c1C(=O)N(C)CCOc1ccccc1Cl. The normalized spacial score (nSPS) is 10.8. The van der Waals surface area contributed by atoms with Crippen LogP contribution in [0.25, 0.3) is 5.69 Å². The van der Waals surface area contributed by atoms with Crippen molar-refractivity contribution < 1.29 is 13.9 Å². The number of carbonyl (C=O) groups excluding carboxylic acids is 1. The first-order valence-electron chi connectivity index (χ1n) is 8.52. The van der Waals surface area contributed by atoms with Crippen molar-refractivity contribution in [3.05, 3.63) is 75.8 Å². The van der Waals surface area contributed by atoms with Crippen LogP contribution < -0.4 is 4.74 Å². The number of benzene rings is 2. The third-order valence-corrected chi connectivity index (χ3v) is 4.82. The van der Waals surface area contributed by atoms with Crippen molar-refractivity contribution in [1.29, 1.82) is 0 Å². The van der Waals surface area contributed by atoms with Crippen LogP contribution in [0, 0.1) is 12.7 Å². The molecule has 0 fully saturated rings. The Morgan fingerprint density at radius 1 is 1.18 bits per heavy atom. The van der Waals surface area contributed by atoms with Crippen LogP contribution in [0.3, 0.4) is 0 Å². The van der Waals surface area contributed by atoms with Crippen molar-refractivity contribution >= 4 is 29.1 Å². The molecule has 0 N–H and O–H groups in total. The summed E-state index contributed by atoms with van der Waals surface area (Å²) >= 11 is 12.5. The minimum Gasteiger partial charge on any atom is -0.490 e. The van der Waals surface area contributed by atoms with Crippen molar-refractivity contribution in [1.82, 2.24) is 14.7 Å². The predicted octanol–water partition coefficient (Wildman–Crippen LogP) is 4.78. The van der Waals surface area contributed by atoms with Gasteiger partial charge in [0.2, 0.25) is 0 Å². The van der Waals surface area contributed by atoms with Gasteiger partial charge in [0, 0.05) is 7.05 Å². The molecule has 1 heterocycles. The number of carbonyl (C=O) groups is 1. The van der Waals surface area contributed by atoms with Gasteiger partial charge < -0.3 is 9.64 Å². The quantitative estimate of drug-likeness (QED) is 0.575. The molecule has 0 unspecified atom stereocenters. The number of rotatable bonds is 6. The fourth-order valence-electron chi connectivity index (χ4n) is 2.64. The molecule has 0 saturated carbocycles. The highest BCUT2D eigenvalue weighted by Gasteiger charge is 2.24. The van der Waals surface area contributed by atoms with Crippen molar-refractivity contribution in [2.24, 2.45) is 0 Å². The molecule has 0 spiro atoms. The lowest BCUT2D eigenvalue weighted by Crippen LogP contribution is -2.31. The second-order valence-electron chi connectivity index (χ2n) is 6.15. The number of ether oxygens (including phenoxy) is 1. The van der Waals surface area contributed by atoms with Crippen molar-refractivity contribution in [2.75, 3.05) is 20.2 Å². The number of amides is 1. The molecule has 0 saturated heterocycles. The van der Waals surface area contributed by atoms with E-state index in [2.05, 4.69) is 5.10 Å². The summed E-state index contributed by atoms with van der Waals surface area (Å²) in [6.07, 6.45) is 0. The van der Waals surface area contributed by atoms with Gasteiger partial charge in [0.25, 0.3) is 5.91 Å². The average molecular weight is 422 g/mol. The van der Waals surface area contributed by atoms with E-state index in [1.807, 2.05) is 12.1 Å². The maximum atomic E-state index is 13.1. The molecule has 146 valence electrons. The Kier molecular flexibility index (Phi) is 6.21. The van der Waals surface area contributed by atoms with Gasteiger partial charge in [0.05, 0.1) is 28.5 Å². The number of aryl methyl sites for hydroxylation is 1. The molecule has 8 heteroatoms. The van der Waals surface area contributed by atoms with Gasteiger partial charge in [-0.25, -0.2) is 9.07 Å². The lowest BCUT2D eigenvalue weighted by Gasteiger charge is -2.17. The minimum atomic E-state index is -0.363. The van der Waals surface area contributed by atoms with Crippen molar-refractivity contribution in [2.45, 2.75) is 6.92 Å². The molecule has 0 radical (unpaired) electrons. The summed E-state index contributed by atoms with van der Waals surface area (Å²) in [5.74, 6) is -0.0831. The standard InChI is InChI=1S/C20H18Cl2FN3O2/c1-13-18(19(22)26(24-13)15-9-7-14(23)8-10-15)20(27)25(2)11-12-28-17-6-4-3-5-16(17)21/h3-10H,11-12H2,1-2H3. The number of aromatic nitrogens is 2. The van der Waals surface area contributed by atoms with Gasteiger partial charge in [-0.05, 0) is 43.3 Å². The van der Waals surface area contributed by atoms with Crippen LogP contribution in [0.1, 0.15) is 16.1 Å². The Morgan fingerprint density at radius 2 is 1.86 bits per heavy atom. The topological polar surface area (TPSA) is 47.4 Å². The summed E-state index contributed by atoms with van der Waals surface area (Å²) in [6.45, 7) is 2.31. The maximum absolute atomic E-state index is 13.1. The van der Waals surface area contributed by atoms with Crippen LogP contribution in [0.5, 0.6) is 5.75 Å². The molecule has 2 aromatic carbocycles. The lowest BCUT2D eigenvalue weighted by molar-refractivity contribution is 0.0773. The number of hydrogen-bond donors (Lipinski definition) is 0.